The molecule has 3 amide bonds. The van der Waals surface area contributed by atoms with Gasteiger partial charge in [0.05, 0.1) is 23.6 Å². The zero-order chi connectivity index (χ0) is 20.8. The van der Waals surface area contributed by atoms with Crippen LogP contribution < -0.4 is 10.0 Å². The number of nitrogens with zero attached hydrogens (tertiary/aromatic N) is 3. The minimum absolute atomic E-state index is 0.365. The lowest BCUT2D eigenvalue weighted by Crippen LogP contribution is -2.46. The summed E-state index contributed by atoms with van der Waals surface area (Å²) >= 11 is 0. The molecular weight excluding hydrogens is 389 g/mol. The number of urea groups is 1. The molecule has 0 radical (unpaired) electrons. The summed E-state index contributed by atoms with van der Waals surface area (Å²) in [5, 5.41) is 4.91. The van der Waals surface area contributed by atoms with Gasteiger partial charge in [-0.25, -0.2) is 28.1 Å². The van der Waals surface area contributed by atoms with Gasteiger partial charge in [0.15, 0.2) is 5.69 Å². The van der Waals surface area contributed by atoms with Gasteiger partial charge in [-0.1, -0.05) is 6.07 Å². The molecule has 0 saturated carbocycles. The fourth-order valence-electron chi connectivity index (χ4n) is 2.64. The lowest BCUT2D eigenvalue weighted by Gasteiger charge is -2.27. The van der Waals surface area contributed by atoms with Crippen molar-refractivity contribution >= 4 is 33.3 Å². The van der Waals surface area contributed by atoms with Gasteiger partial charge >= 0.3 is 12.2 Å². The summed E-state index contributed by atoms with van der Waals surface area (Å²) in [6.45, 7) is 9.11. The van der Waals surface area contributed by atoms with Crippen molar-refractivity contribution in [2.24, 2.45) is 5.14 Å². The van der Waals surface area contributed by atoms with Crippen molar-refractivity contribution in [2.45, 2.75) is 25.6 Å². The van der Waals surface area contributed by atoms with Gasteiger partial charge in [-0.3, -0.25) is 4.79 Å². The van der Waals surface area contributed by atoms with Gasteiger partial charge in [0.1, 0.15) is 5.54 Å². The molecule has 0 unspecified atom stereocenters. The standard InChI is InChI=1S/C15H15F3N4O4S/c1-14(2)12(23)22(13(24)21(14)6-7-27(19,25)26)9-4-5-11(20-3)10(8-9)15(16,17)18/h4-5,8H,6-7H2,1-2H3,(H2,19,25,26). The number of primary sulfonamides is 1. The van der Waals surface area contributed by atoms with Crippen molar-refractivity contribution in [1.29, 1.82) is 0 Å². The maximum absolute atomic E-state index is 13.2. The van der Waals surface area contributed by atoms with Gasteiger partial charge in [-0.2, -0.15) is 13.2 Å². The van der Waals surface area contributed by atoms with E-state index in [0.717, 1.165) is 17.0 Å². The number of nitrogens with two attached hydrogens (primary N) is 1. The number of imide groups is 1. The van der Waals surface area contributed by atoms with Crippen molar-refractivity contribution in [1.82, 2.24) is 4.90 Å². The van der Waals surface area contributed by atoms with Gasteiger partial charge in [0, 0.05) is 6.54 Å². The van der Waals surface area contributed by atoms with E-state index in [4.69, 9.17) is 11.7 Å². The Morgan fingerprint density at radius 3 is 2.33 bits per heavy atom. The Kier molecular flexibility index (Phi) is 4.98. The lowest BCUT2D eigenvalue weighted by atomic mass is 10.0. The average molecular weight is 404 g/mol. The number of amides is 3. The monoisotopic (exact) mass is 404 g/mol. The van der Waals surface area contributed by atoms with E-state index in [-0.39, 0.29) is 5.69 Å². The second-order valence-electron chi connectivity index (χ2n) is 6.31. The molecule has 12 heteroatoms. The van der Waals surface area contributed by atoms with E-state index in [1.54, 1.807) is 0 Å². The van der Waals surface area contributed by atoms with E-state index in [1.165, 1.54) is 13.8 Å². The molecule has 1 fully saturated rings. The topological polar surface area (TPSA) is 105 Å². The first-order valence-electron chi connectivity index (χ1n) is 7.45. The zero-order valence-corrected chi connectivity index (χ0v) is 15.1. The molecule has 0 atom stereocenters. The second-order valence-corrected chi connectivity index (χ2v) is 8.05. The van der Waals surface area contributed by atoms with Crippen LogP contribution in [0.4, 0.5) is 29.3 Å². The maximum atomic E-state index is 13.2. The number of anilines is 1. The van der Waals surface area contributed by atoms with E-state index in [2.05, 4.69) is 4.85 Å². The molecule has 0 bridgehead atoms. The number of hydrogen-bond donors (Lipinski definition) is 1. The largest absolute Gasteiger partial charge is 0.407 e. The summed E-state index contributed by atoms with van der Waals surface area (Å²) in [7, 11) is -3.93. The van der Waals surface area contributed by atoms with Gasteiger partial charge in [0.2, 0.25) is 10.0 Å². The highest BCUT2D eigenvalue weighted by molar-refractivity contribution is 7.89. The number of sulfonamides is 1. The number of rotatable bonds is 4. The number of carbonyl (C=O) groups is 2. The summed E-state index contributed by atoms with van der Waals surface area (Å²) in [5.74, 6) is -1.45. The molecule has 1 aliphatic rings. The predicted molar refractivity (Wildman–Crippen MR) is 89.3 cm³/mol. The van der Waals surface area contributed by atoms with Crippen LogP contribution in [0.3, 0.4) is 0 Å². The molecule has 1 saturated heterocycles. The summed E-state index contributed by atoms with van der Waals surface area (Å²) in [6, 6.07) is 1.49. The minimum Gasteiger partial charge on any atom is -0.309 e. The zero-order valence-electron chi connectivity index (χ0n) is 14.2. The molecule has 0 aromatic heterocycles. The fourth-order valence-corrected chi connectivity index (χ4v) is 3.08. The van der Waals surface area contributed by atoms with Crippen molar-refractivity contribution in [3.05, 3.63) is 35.2 Å². The average Bonchev–Trinajstić information content (AvgIpc) is 2.69. The van der Waals surface area contributed by atoms with Crippen LogP contribution in [0.1, 0.15) is 19.4 Å². The smallest absolute Gasteiger partial charge is 0.309 e. The van der Waals surface area contributed by atoms with E-state index in [0.29, 0.717) is 11.0 Å². The summed E-state index contributed by atoms with van der Waals surface area (Å²) in [5.41, 5.74) is -3.80. The number of carbonyl (C=O) groups excluding carboxylic acids is 2. The summed E-state index contributed by atoms with van der Waals surface area (Å²) < 4.78 is 61.8. The van der Waals surface area contributed by atoms with Crippen LogP contribution >= 0.6 is 0 Å². The Labute approximate surface area is 153 Å². The highest BCUT2D eigenvalue weighted by Gasteiger charge is 2.52. The number of alkyl halides is 3. The third kappa shape index (κ3) is 3.88. The van der Waals surface area contributed by atoms with Crippen LogP contribution in [0, 0.1) is 6.57 Å². The first-order valence-corrected chi connectivity index (χ1v) is 9.17. The van der Waals surface area contributed by atoms with Gasteiger partial charge in [0.25, 0.3) is 5.91 Å². The van der Waals surface area contributed by atoms with Crippen molar-refractivity contribution in [3.63, 3.8) is 0 Å². The Hall–Kier alpha value is -2.65. The fraction of sp³-hybridized carbons (Fsp3) is 0.400. The lowest BCUT2D eigenvalue weighted by molar-refractivity contribution is -0.136. The third-order valence-corrected chi connectivity index (χ3v) is 4.84. The molecule has 0 aliphatic carbocycles. The molecule has 0 spiro atoms. The van der Waals surface area contributed by atoms with E-state index in [9.17, 15) is 31.2 Å². The number of hydrogen-bond acceptors (Lipinski definition) is 4. The first-order chi connectivity index (χ1) is 12.2. The quantitative estimate of drug-likeness (QED) is 0.613. The minimum atomic E-state index is -4.86. The number of benzene rings is 1. The van der Waals surface area contributed by atoms with E-state index >= 15 is 0 Å². The van der Waals surface area contributed by atoms with Crippen molar-refractivity contribution in [3.8, 4) is 0 Å². The van der Waals surface area contributed by atoms with Crippen LogP contribution in [0.15, 0.2) is 18.2 Å². The number of halogens is 3. The van der Waals surface area contributed by atoms with Crippen molar-refractivity contribution in [2.75, 3.05) is 17.2 Å². The van der Waals surface area contributed by atoms with Crippen LogP contribution in [0.5, 0.6) is 0 Å². The normalized spacial score (nSPS) is 17.4. The molecule has 2 N–H and O–H groups in total. The van der Waals surface area contributed by atoms with E-state index < -0.39 is 57.2 Å². The summed E-state index contributed by atoms with van der Waals surface area (Å²) in [4.78, 5) is 29.5. The third-order valence-electron chi connectivity index (χ3n) is 4.09. The molecule has 8 nitrogen and oxygen atoms in total. The van der Waals surface area contributed by atoms with Crippen LogP contribution in [0.2, 0.25) is 0 Å². The molecule has 1 aromatic rings. The maximum Gasteiger partial charge on any atom is 0.407 e. The molecule has 1 aromatic carbocycles. The van der Waals surface area contributed by atoms with Crippen LogP contribution in [0.25, 0.3) is 4.85 Å². The molecule has 1 heterocycles. The summed E-state index contributed by atoms with van der Waals surface area (Å²) in [6.07, 6.45) is -4.86. The SMILES string of the molecule is [C-]#[N+]c1ccc(N2C(=O)N(CCS(N)(=O)=O)C(C)(C)C2=O)cc1C(F)(F)F. The molecule has 1 aliphatic heterocycles. The molecule has 2 rings (SSSR count). The Balaban J connectivity index is 2.49. The second kappa shape index (κ2) is 6.50. The Bertz CT molecular complexity index is 951. The van der Waals surface area contributed by atoms with Crippen molar-refractivity contribution < 1.29 is 31.2 Å². The Morgan fingerprint density at radius 2 is 1.85 bits per heavy atom. The van der Waals surface area contributed by atoms with Crippen LogP contribution in [-0.2, 0) is 21.0 Å². The van der Waals surface area contributed by atoms with Gasteiger partial charge < -0.3 is 4.90 Å². The highest BCUT2D eigenvalue weighted by atomic mass is 32.2. The van der Waals surface area contributed by atoms with Gasteiger partial charge in [-0.05, 0) is 26.0 Å². The molecule has 146 valence electrons. The van der Waals surface area contributed by atoms with Gasteiger partial charge in [-0.15, -0.1) is 0 Å². The molecule has 27 heavy (non-hydrogen) atoms. The first kappa shape index (κ1) is 20.7. The molecular formula is C15H15F3N4O4S. The van der Waals surface area contributed by atoms with E-state index in [1.807, 2.05) is 0 Å². The predicted octanol–water partition coefficient (Wildman–Crippen LogP) is 2.09. The van der Waals surface area contributed by atoms with Crippen LogP contribution in [-0.4, -0.2) is 43.1 Å². The highest BCUT2D eigenvalue weighted by Crippen LogP contribution is 2.40. The Morgan fingerprint density at radius 1 is 1.26 bits per heavy atom.